The lowest BCUT2D eigenvalue weighted by Gasteiger charge is -2.20. The number of hydrogen-bond acceptors (Lipinski definition) is 2. The molecule has 0 aromatic heterocycles. The minimum atomic E-state index is -0.282. The molecule has 1 aliphatic carbocycles. The number of carbonyl (C=O) groups is 2. The second kappa shape index (κ2) is 5.76. The molecule has 1 N–H and O–H groups in total. The van der Waals surface area contributed by atoms with Gasteiger partial charge in [-0.25, -0.2) is 4.39 Å². The van der Waals surface area contributed by atoms with Gasteiger partial charge in [-0.15, -0.1) is 0 Å². The van der Waals surface area contributed by atoms with Crippen LogP contribution in [0.25, 0.3) is 0 Å². The number of hydrogen-bond donors (Lipinski definition) is 1. The van der Waals surface area contributed by atoms with Gasteiger partial charge in [0.25, 0.3) is 0 Å². The first kappa shape index (κ1) is 12.7. The number of amides is 1. The SMILES string of the molecule is O=C1CCC(C(=O)NCc2ccc(F)cc2)CC1. The van der Waals surface area contributed by atoms with E-state index in [1.807, 2.05) is 0 Å². The molecule has 0 heterocycles. The highest BCUT2D eigenvalue weighted by Gasteiger charge is 2.24. The van der Waals surface area contributed by atoms with Crippen LogP contribution in [0.15, 0.2) is 24.3 Å². The molecule has 0 bridgehead atoms. The number of benzene rings is 1. The number of carbonyl (C=O) groups excluding carboxylic acids is 2. The van der Waals surface area contributed by atoms with Crippen LogP contribution in [0.3, 0.4) is 0 Å². The molecule has 4 heteroatoms. The van der Waals surface area contributed by atoms with E-state index in [0.29, 0.717) is 32.2 Å². The second-order valence-corrected chi connectivity index (χ2v) is 4.66. The molecule has 0 unspecified atom stereocenters. The van der Waals surface area contributed by atoms with Crippen molar-refractivity contribution in [2.45, 2.75) is 32.2 Å². The van der Waals surface area contributed by atoms with Crippen molar-refractivity contribution in [3.05, 3.63) is 35.6 Å². The van der Waals surface area contributed by atoms with Gasteiger partial charge in [-0.05, 0) is 30.5 Å². The van der Waals surface area contributed by atoms with Gasteiger partial charge < -0.3 is 5.32 Å². The van der Waals surface area contributed by atoms with Crippen LogP contribution < -0.4 is 5.32 Å². The quantitative estimate of drug-likeness (QED) is 0.892. The van der Waals surface area contributed by atoms with Crippen molar-refractivity contribution in [1.29, 1.82) is 0 Å². The van der Waals surface area contributed by atoms with Crippen LogP contribution in [-0.2, 0) is 16.1 Å². The first-order valence-corrected chi connectivity index (χ1v) is 6.19. The lowest BCUT2D eigenvalue weighted by molar-refractivity contribution is -0.128. The Hall–Kier alpha value is -1.71. The van der Waals surface area contributed by atoms with Gasteiger partial charge in [-0.2, -0.15) is 0 Å². The highest BCUT2D eigenvalue weighted by Crippen LogP contribution is 2.21. The molecule has 1 aromatic carbocycles. The number of ketones is 1. The number of halogens is 1. The third-order valence-corrected chi connectivity index (χ3v) is 3.29. The maximum atomic E-state index is 12.7. The molecule has 96 valence electrons. The Labute approximate surface area is 105 Å². The van der Waals surface area contributed by atoms with Crippen LogP contribution >= 0.6 is 0 Å². The van der Waals surface area contributed by atoms with Gasteiger partial charge in [0.1, 0.15) is 11.6 Å². The summed E-state index contributed by atoms with van der Waals surface area (Å²) in [4.78, 5) is 22.9. The fraction of sp³-hybridized carbons (Fsp3) is 0.429. The summed E-state index contributed by atoms with van der Waals surface area (Å²) in [7, 11) is 0. The molecular formula is C14H16FNO2. The fourth-order valence-electron chi connectivity index (χ4n) is 2.14. The van der Waals surface area contributed by atoms with Crippen molar-refractivity contribution in [1.82, 2.24) is 5.32 Å². The van der Waals surface area contributed by atoms with E-state index in [2.05, 4.69) is 5.32 Å². The average Bonchev–Trinajstić information content (AvgIpc) is 2.38. The van der Waals surface area contributed by atoms with Gasteiger partial charge >= 0.3 is 0 Å². The highest BCUT2D eigenvalue weighted by molar-refractivity contribution is 5.84. The number of Topliss-reactive ketones (excluding diaryl/α,β-unsaturated/α-hetero) is 1. The van der Waals surface area contributed by atoms with Crippen LogP contribution in [0.5, 0.6) is 0 Å². The van der Waals surface area contributed by atoms with Gasteiger partial charge in [0.05, 0.1) is 0 Å². The zero-order valence-electron chi connectivity index (χ0n) is 10.1. The molecule has 0 radical (unpaired) electrons. The topological polar surface area (TPSA) is 46.2 Å². The smallest absolute Gasteiger partial charge is 0.223 e. The Balaban J connectivity index is 1.81. The largest absolute Gasteiger partial charge is 0.352 e. The number of rotatable bonds is 3. The summed E-state index contributed by atoms with van der Waals surface area (Å²) in [6, 6.07) is 6.06. The Bertz CT molecular complexity index is 432. The van der Waals surface area contributed by atoms with Crippen LogP contribution in [0, 0.1) is 11.7 Å². The first-order valence-electron chi connectivity index (χ1n) is 6.19. The Morgan fingerprint density at radius 3 is 2.44 bits per heavy atom. The van der Waals surface area contributed by atoms with Crippen LogP contribution in [0.1, 0.15) is 31.2 Å². The molecule has 0 atom stereocenters. The molecule has 1 fully saturated rings. The van der Waals surface area contributed by atoms with E-state index in [0.717, 1.165) is 5.56 Å². The third-order valence-electron chi connectivity index (χ3n) is 3.29. The van der Waals surface area contributed by atoms with Gasteiger partial charge in [-0.1, -0.05) is 12.1 Å². The van der Waals surface area contributed by atoms with Crippen LogP contribution in [0.4, 0.5) is 4.39 Å². The molecule has 3 nitrogen and oxygen atoms in total. The standard InChI is InChI=1S/C14H16FNO2/c15-12-5-1-10(2-6-12)9-16-14(18)11-3-7-13(17)8-4-11/h1-2,5-6,11H,3-4,7-9H2,(H,16,18). The highest BCUT2D eigenvalue weighted by atomic mass is 19.1. The zero-order chi connectivity index (χ0) is 13.0. The van der Waals surface area contributed by atoms with Crippen molar-refractivity contribution >= 4 is 11.7 Å². The van der Waals surface area contributed by atoms with Crippen molar-refractivity contribution in [3.8, 4) is 0 Å². The van der Waals surface area contributed by atoms with Gasteiger partial charge in [0.2, 0.25) is 5.91 Å². The molecule has 2 rings (SSSR count). The minimum Gasteiger partial charge on any atom is -0.352 e. The van der Waals surface area contributed by atoms with E-state index in [4.69, 9.17) is 0 Å². The van der Waals surface area contributed by atoms with E-state index in [9.17, 15) is 14.0 Å². The molecule has 18 heavy (non-hydrogen) atoms. The van der Waals surface area contributed by atoms with E-state index in [1.165, 1.54) is 12.1 Å². The maximum absolute atomic E-state index is 12.7. The molecule has 1 aliphatic rings. The number of nitrogens with one attached hydrogen (secondary N) is 1. The summed E-state index contributed by atoms with van der Waals surface area (Å²) in [5, 5.41) is 2.83. The Morgan fingerprint density at radius 1 is 1.22 bits per heavy atom. The van der Waals surface area contributed by atoms with Gasteiger partial charge in [0.15, 0.2) is 0 Å². The molecule has 0 aliphatic heterocycles. The molecule has 0 saturated heterocycles. The summed E-state index contributed by atoms with van der Waals surface area (Å²) >= 11 is 0. The molecule has 1 saturated carbocycles. The Kier molecular flexibility index (Phi) is 4.07. The molecule has 0 spiro atoms. The first-order chi connectivity index (χ1) is 8.65. The lowest BCUT2D eigenvalue weighted by atomic mass is 9.88. The second-order valence-electron chi connectivity index (χ2n) is 4.66. The monoisotopic (exact) mass is 249 g/mol. The zero-order valence-corrected chi connectivity index (χ0v) is 10.1. The van der Waals surface area contributed by atoms with Crippen molar-refractivity contribution in [2.75, 3.05) is 0 Å². The van der Waals surface area contributed by atoms with E-state index in [1.54, 1.807) is 12.1 Å². The molecule has 1 amide bonds. The normalized spacial score (nSPS) is 16.6. The summed E-state index contributed by atoms with van der Waals surface area (Å²) < 4.78 is 12.7. The predicted molar refractivity (Wildman–Crippen MR) is 65.2 cm³/mol. The maximum Gasteiger partial charge on any atom is 0.223 e. The lowest BCUT2D eigenvalue weighted by Crippen LogP contribution is -2.32. The summed E-state index contributed by atoms with van der Waals surface area (Å²) in [6.07, 6.45) is 2.31. The van der Waals surface area contributed by atoms with Crippen LogP contribution in [0.2, 0.25) is 0 Å². The van der Waals surface area contributed by atoms with Crippen molar-refractivity contribution in [2.24, 2.45) is 5.92 Å². The van der Waals surface area contributed by atoms with Gasteiger partial charge in [0, 0.05) is 25.3 Å². The molecule has 1 aromatic rings. The Morgan fingerprint density at radius 2 is 1.83 bits per heavy atom. The summed E-state index contributed by atoms with van der Waals surface area (Å²) in [5.74, 6) is -0.0940. The van der Waals surface area contributed by atoms with Crippen LogP contribution in [-0.4, -0.2) is 11.7 Å². The minimum absolute atomic E-state index is 0.00757. The molecular weight excluding hydrogens is 233 g/mol. The average molecular weight is 249 g/mol. The predicted octanol–water partition coefficient (Wildman–Crippen LogP) is 2.20. The van der Waals surface area contributed by atoms with E-state index in [-0.39, 0.29) is 23.4 Å². The summed E-state index contributed by atoms with van der Waals surface area (Å²) in [6.45, 7) is 0.406. The van der Waals surface area contributed by atoms with E-state index < -0.39 is 0 Å². The fourth-order valence-corrected chi connectivity index (χ4v) is 2.14. The van der Waals surface area contributed by atoms with Crippen molar-refractivity contribution < 1.29 is 14.0 Å². The van der Waals surface area contributed by atoms with E-state index >= 15 is 0 Å². The van der Waals surface area contributed by atoms with Crippen molar-refractivity contribution in [3.63, 3.8) is 0 Å². The summed E-state index contributed by atoms with van der Waals surface area (Å²) in [5.41, 5.74) is 0.872. The third kappa shape index (κ3) is 3.39. The van der Waals surface area contributed by atoms with Gasteiger partial charge in [-0.3, -0.25) is 9.59 Å².